The molecule has 0 unspecified atom stereocenters. The Morgan fingerprint density at radius 2 is 1.68 bits per heavy atom. The molecule has 0 aromatic carbocycles. The molecule has 19 heavy (non-hydrogen) atoms. The van der Waals surface area contributed by atoms with Crippen molar-refractivity contribution in [1.29, 1.82) is 0 Å². The maximum Gasteiger partial charge on any atom is 0.228 e. The van der Waals surface area contributed by atoms with E-state index >= 15 is 0 Å². The summed E-state index contributed by atoms with van der Waals surface area (Å²) in [6.45, 7) is 7.12. The molecule has 0 atom stereocenters. The summed E-state index contributed by atoms with van der Waals surface area (Å²) in [5.41, 5.74) is 0. The highest BCUT2D eigenvalue weighted by atomic mass is 16.2. The van der Waals surface area contributed by atoms with Crippen molar-refractivity contribution in [2.75, 3.05) is 45.8 Å². The first-order valence-electron chi connectivity index (χ1n) is 8.05. The summed E-state index contributed by atoms with van der Waals surface area (Å²) >= 11 is 0. The van der Waals surface area contributed by atoms with Crippen LogP contribution >= 0.6 is 0 Å². The normalized spacial score (nSPS) is 27.3. The van der Waals surface area contributed by atoms with E-state index in [-0.39, 0.29) is 5.92 Å². The quantitative estimate of drug-likeness (QED) is 0.824. The molecule has 3 aliphatic rings. The number of piperazine rings is 1. The Bertz CT molecular complexity index is 303. The molecule has 0 spiro atoms. The Labute approximate surface area is 116 Å². The maximum atomic E-state index is 12.1. The number of nitrogens with zero attached hydrogens (tertiary/aromatic N) is 2. The number of hydrogen-bond acceptors (Lipinski definition) is 3. The smallest absolute Gasteiger partial charge is 0.228 e. The Morgan fingerprint density at radius 3 is 2.26 bits per heavy atom. The van der Waals surface area contributed by atoms with Gasteiger partial charge in [0.1, 0.15) is 0 Å². The molecule has 1 amide bonds. The van der Waals surface area contributed by atoms with Crippen molar-refractivity contribution >= 4 is 5.91 Å². The third-order valence-corrected chi connectivity index (χ3v) is 5.06. The lowest BCUT2D eigenvalue weighted by Crippen LogP contribution is -2.56. The van der Waals surface area contributed by atoms with Crippen LogP contribution in [0.5, 0.6) is 0 Å². The standard InChI is InChI=1S/C15H27N3O/c19-15(14-10-16-11-14)18-8-6-17(7-9-18)12-13-4-2-1-3-5-13/h13-14,16H,1-12H2. The van der Waals surface area contributed by atoms with Gasteiger partial charge in [-0.1, -0.05) is 19.3 Å². The van der Waals surface area contributed by atoms with Crippen LogP contribution in [0.1, 0.15) is 32.1 Å². The zero-order chi connectivity index (χ0) is 13.1. The van der Waals surface area contributed by atoms with Crippen LogP contribution in [-0.2, 0) is 4.79 Å². The van der Waals surface area contributed by atoms with Gasteiger partial charge in [0, 0.05) is 45.8 Å². The minimum absolute atomic E-state index is 0.268. The van der Waals surface area contributed by atoms with E-state index in [1.807, 2.05) is 0 Å². The van der Waals surface area contributed by atoms with Crippen molar-refractivity contribution in [3.05, 3.63) is 0 Å². The van der Waals surface area contributed by atoms with Gasteiger partial charge in [-0.05, 0) is 18.8 Å². The molecule has 0 aromatic rings. The van der Waals surface area contributed by atoms with Gasteiger partial charge in [0.25, 0.3) is 0 Å². The van der Waals surface area contributed by atoms with Crippen molar-refractivity contribution < 1.29 is 4.79 Å². The molecule has 0 bridgehead atoms. The van der Waals surface area contributed by atoms with E-state index in [1.54, 1.807) is 0 Å². The summed E-state index contributed by atoms with van der Waals surface area (Å²) in [7, 11) is 0. The van der Waals surface area contributed by atoms with E-state index in [2.05, 4.69) is 15.1 Å². The van der Waals surface area contributed by atoms with Crippen LogP contribution in [0.4, 0.5) is 0 Å². The topological polar surface area (TPSA) is 35.6 Å². The van der Waals surface area contributed by atoms with Gasteiger partial charge in [-0.15, -0.1) is 0 Å². The Hall–Kier alpha value is -0.610. The highest BCUT2D eigenvalue weighted by molar-refractivity contribution is 5.80. The fourth-order valence-electron chi connectivity index (χ4n) is 3.61. The molecule has 4 heteroatoms. The molecule has 0 radical (unpaired) electrons. The zero-order valence-electron chi connectivity index (χ0n) is 11.9. The number of nitrogens with one attached hydrogen (secondary N) is 1. The summed E-state index contributed by atoms with van der Waals surface area (Å²) in [5, 5.41) is 3.19. The van der Waals surface area contributed by atoms with Crippen molar-refractivity contribution in [3.8, 4) is 0 Å². The molecule has 0 aromatic heterocycles. The van der Waals surface area contributed by atoms with Gasteiger partial charge in [0.05, 0.1) is 5.92 Å². The van der Waals surface area contributed by atoms with Gasteiger partial charge in [0.15, 0.2) is 0 Å². The van der Waals surface area contributed by atoms with Crippen LogP contribution < -0.4 is 5.32 Å². The van der Waals surface area contributed by atoms with Gasteiger partial charge in [-0.3, -0.25) is 9.69 Å². The molecule has 2 saturated heterocycles. The van der Waals surface area contributed by atoms with E-state index in [0.717, 1.165) is 45.2 Å². The fraction of sp³-hybridized carbons (Fsp3) is 0.933. The first kappa shape index (κ1) is 13.4. The minimum atomic E-state index is 0.268. The highest BCUT2D eigenvalue weighted by Gasteiger charge is 2.31. The van der Waals surface area contributed by atoms with Crippen molar-refractivity contribution in [1.82, 2.24) is 15.1 Å². The Balaban J connectivity index is 1.40. The average molecular weight is 265 g/mol. The lowest BCUT2D eigenvalue weighted by Gasteiger charge is -2.39. The Morgan fingerprint density at radius 1 is 1.00 bits per heavy atom. The number of carbonyl (C=O) groups excluding carboxylic acids is 1. The van der Waals surface area contributed by atoms with Gasteiger partial charge in [0.2, 0.25) is 5.91 Å². The summed E-state index contributed by atoms with van der Waals surface area (Å²) in [5.74, 6) is 1.58. The molecule has 2 heterocycles. The predicted octanol–water partition coefficient (Wildman–Crippen LogP) is 0.930. The largest absolute Gasteiger partial charge is 0.340 e. The number of rotatable bonds is 3. The molecule has 4 nitrogen and oxygen atoms in total. The van der Waals surface area contributed by atoms with E-state index in [9.17, 15) is 4.79 Å². The van der Waals surface area contributed by atoms with Crippen LogP contribution in [0.3, 0.4) is 0 Å². The second-order valence-electron chi connectivity index (χ2n) is 6.49. The molecule has 1 N–H and O–H groups in total. The lowest BCUT2D eigenvalue weighted by atomic mass is 9.89. The molecule has 108 valence electrons. The van der Waals surface area contributed by atoms with Crippen molar-refractivity contribution in [2.24, 2.45) is 11.8 Å². The van der Waals surface area contributed by atoms with Crippen molar-refractivity contribution in [2.45, 2.75) is 32.1 Å². The summed E-state index contributed by atoms with van der Waals surface area (Å²) < 4.78 is 0. The van der Waals surface area contributed by atoms with Gasteiger partial charge < -0.3 is 10.2 Å². The van der Waals surface area contributed by atoms with Gasteiger partial charge >= 0.3 is 0 Å². The zero-order valence-corrected chi connectivity index (χ0v) is 11.9. The third kappa shape index (κ3) is 3.29. The summed E-state index contributed by atoms with van der Waals surface area (Å²) in [4.78, 5) is 16.8. The first-order valence-corrected chi connectivity index (χ1v) is 8.05. The fourth-order valence-corrected chi connectivity index (χ4v) is 3.61. The van der Waals surface area contributed by atoms with Crippen LogP contribution in [0.15, 0.2) is 0 Å². The number of hydrogen-bond donors (Lipinski definition) is 1. The molecule has 1 aliphatic carbocycles. The first-order chi connectivity index (χ1) is 9.33. The van der Waals surface area contributed by atoms with Crippen LogP contribution in [0, 0.1) is 11.8 Å². The third-order valence-electron chi connectivity index (χ3n) is 5.06. The summed E-state index contributed by atoms with van der Waals surface area (Å²) in [6.07, 6.45) is 7.14. The van der Waals surface area contributed by atoms with Crippen LogP contribution in [0.2, 0.25) is 0 Å². The molecule has 2 aliphatic heterocycles. The molecular formula is C15H27N3O. The Kier molecular flexibility index (Phi) is 4.38. The average Bonchev–Trinajstić information content (AvgIpc) is 2.39. The molecule has 1 saturated carbocycles. The van der Waals surface area contributed by atoms with Crippen LogP contribution in [0.25, 0.3) is 0 Å². The van der Waals surface area contributed by atoms with Crippen molar-refractivity contribution in [3.63, 3.8) is 0 Å². The second-order valence-corrected chi connectivity index (χ2v) is 6.49. The number of carbonyl (C=O) groups is 1. The van der Waals surface area contributed by atoms with E-state index in [1.165, 1.54) is 38.6 Å². The summed E-state index contributed by atoms with van der Waals surface area (Å²) in [6, 6.07) is 0. The van der Waals surface area contributed by atoms with E-state index in [4.69, 9.17) is 0 Å². The predicted molar refractivity (Wildman–Crippen MR) is 76.0 cm³/mol. The van der Waals surface area contributed by atoms with Crippen LogP contribution in [-0.4, -0.2) is 61.5 Å². The van der Waals surface area contributed by atoms with Gasteiger partial charge in [-0.25, -0.2) is 0 Å². The second kappa shape index (κ2) is 6.23. The molecular weight excluding hydrogens is 238 g/mol. The monoisotopic (exact) mass is 265 g/mol. The SMILES string of the molecule is O=C(C1CNC1)N1CCN(CC2CCCCC2)CC1. The maximum absolute atomic E-state index is 12.1. The molecule has 3 fully saturated rings. The van der Waals surface area contributed by atoms with E-state index < -0.39 is 0 Å². The van der Waals surface area contributed by atoms with E-state index in [0.29, 0.717) is 5.91 Å². The highest BCUT2D eigenvalue weighted by Crippen LogP contribution is 2.24. The lowest BCUT2D eigenvalue weighted by molar-refractivity contribution is -0.138. The minimum Gasteiger partial charge on any atom is -0.340 e. The number of amides is 1. The van der Waals surface area contributed by atoms with Gasteiger partial charge in [-0.2, -0.15) is 0 Å². The molecule has 3 rings (SSSR count).